The van der Waals surface area contributed by atoms with Crippen LogP contribution < -0.4 is 5.32 Å². The molecule has 1 saturated carbocycles. The van der Waals surface area contributed by atoms with Gasteiger partial charge in [0.1, 0.15) is 5.82 Å². The molecule has 0 aromatic carbocycles. The second-order valence-electron chi connectivity index (χ2n) is 5.62. The van der Waals surface area contributed by atoms with Crippen LogP contribution in [0.25, 0.3) is 0 Å². The van der Waals surface area contributed by atoms with Gasteiger partial charge in [0.2, 0.25) is 5.13 Å². The number of nitrogens with one attached hydrogen (secondary N) is 1. The molecule has 0 bridgehead atoms. The lowest BCUT2D eigenvalue weighted by atomic mass is 9.80. The average Bonchev–Trinajstić information content (AvgIpc) is 2.73. The molecule has 2 rings (SSSR count). The molecule has 0 amide bonds. The summed E-state index contributed by atoms with van der Waals surface area (Å²) >= 11 is 1.33. The van der Waals surface area contributed by atoms with E-state index in [9.17, 15) is 9.90 Å². The van der Waals surface area contributed by atoms with Crippen LogP contribution in [0.1, 0.15) is 57.7 Å². The summed E-state index contributed by atoms with van der Waals surface area (Å²) in [4.78, 5) is 16.1. The lowest BCUT2D eigenvalue weighted by molar-refractivity contribution is -0.149. The highest BCUT2D eigenvalue weighted by Gasteiger charge is 2.38. The Balaban J connectivity index is 1.99. The molecule has 5 nitrogen and oxygen atoms in total. The van der Waals surface area contributed by atoms with Crippen LogP contribution in [0.5, 0.6) is 0 Å². The van der Waals surface area contributed by atoms with Gasteiger partial charge in [0.25, 0.3) is 0 Å². The predicted molar refractivity (Wildman–Crippen MR) is 80.2 cm³/mol. The maximum atomic E-state index is 11.7. The van der Waals surface area contributed by atoms with E-state index in [1.54, 1.807) is 0 Å². The number of hydrogen-bond donors (Lipinski definition) is 2. The van der Waals surface area contributed by atoms with Crippen LogP contribution in [0.3, 0.4) is 0 Å². The number of carboxylic acid groups (broad SMARTS) is 1. The standard InChI is InChI=1S/C14H23N3O2S/c1-2-7-11-16-13(20-17-11)15-10-14(12(18)19)8-5-3-4-6-9-14/h2-10H2,1H3,(H,18,19)(H,15,16,17). The Morgan fingerprint density at radius 3 is 2.65 bits per heavy atom. The summed E-state index contributed by atoms with van der Waals surface area (Å²) in [5, 5.41) is 13.6. The van der Waals surface area contributed by atoms with Gasteiger partial charge in [-0.1, -0.05) is 32.6 Å². The van der Waals surface area contributed by atoms with Crippen LogP contribution in [0.15, 0.2) is 0 Å². The molecule has 0 saturated heterocycles. The number of rotatable bonds is 6. The third-order valence-electron chi connectivity index (χ3n) is 4.03. The monoisotopic (exact) mass is 297 g/mol. The van der Waals surface area contributed by atoms with Crippen molar-refractivity contribution in [2.45, 2.75) is 58.3 Å². The first kappa shape index (κ1) is 15.2. The maximum Gasteiger partial charge on any atom is 0.311 e. The molecule has 1 fully saturated rings. The van der Waals surface area contributed by atoms with E-state index in [0.29, 0.717) is 6.54 Å². The summed E-state index contributed by atoms with van der Waals surface area (Å²) in [6, 6.07) is 0. The molecule has 20 heavy (non-hydrogen) atoms. The van der Waals surface area contributed by atoms with Crippen molar-refractivity contribution in [2.75, 3.05) is 11.9 Å². The van der Waals surface area contributed by atoms with E-state index in [4.69, 9.17) is 0 Å². The van der Waals surface area contributed by atoms with Gasteiger partial charge in [0.05, 0.1) is 5.41 Å². The Morgan fingerprint density at radius 2 is 2.05 bits per heavy atom. The summed E-state index contributed by atoms with van der Waals surface area (Å²) in [5.41, 5.74) is -0.632. The second kappa shape index (κ2) is 7.02. The van der Waals surface area contributed by atoms with E-state index in [1.807, 2.05) is 0 Å². The number of anilines is 1. The van der Waals surface area contributed by atoms with Crippen molar-refractivity contribution in [2.24, 2.45) is 5.41 Å². The second-order valence-corrected chi connectivity index (χ2v) is 6.37. The first-order valence-electron chi connectivity index (χ1n) is 7.46. The van der Waals surface area contributed by atoms with Crippen LogP contribution in [-0.2, 0) is 11.2 Å². The molecule has 112 valence electrons. The normalized spacial score (nSPS) is 18.4. The molecule has 0 atom stereocenters. The first-order valence-corrected chi connectivity index (χ1v) is 8.23. The van der Waals surface area contributed by atoms with E-state index >= 15 is 0 Å². The van der Waals surface area contributed by atoms with Crippen LogP contribution in [0.2, 0.25) is 0 Å². The number of carboxylic acids is 1. The van der Waals surface area contributed by atoms with Crippen LogP contribution in [0, 0.1) is 5.41 Å². The fraction of sp³-hybridized carbons (Fsp3) is 0.786. The fourth-order valence-electron chi connectivity index (χ4n) is 2.77. The van der Waals surface area contributed by atoms with E-state index in [1.165, 1.54) is 11.5 Å². The zero-order valence-corrected chi connectivity index (χ0v) is 12.8. The molecule has 1 aromatic rings. The van der Waals surface area contributed by atoms with Crippen molar-refractivity contribution in [1.29, 1.82) is 0 Å². The minimum absolute atomic E-state index is 0.461. The molecule has 1 heterocycles. The highest BCUT2D eigenvalue weighted by atomic mass is 32.1. The first-order chi connectivity index (χ1) is 9.66. The Labute approximate surface area is 124 Å². The van der Waals surface area contributed by atoms with Gasteiger partial charge in [-0.15, -0.1) is 0 Å². The molecular formula is C14H23N3O2S. The van der Waals surface area contributed by atoms with Gasteiger partial charge < -0.3 is 10.4 Å². The molecule has 0 spiro atoms. The van der Waals surface area contributed by atoms with Crippen molar-refractivity contribution in [3.63, 3.8) is 0 Å². The van der Waals surface area contributed by atoms with E-state index in [2.05, 4.69) is 21.6 Å². The maximum absolute atomic E-state index is 11.7. The largest absolute Gasteiger partial charge is 0.481 e. The number of aliphatic carboxylic acids is 1. The van der Waals surface area contributed by atoms with Gasteiger partial charge in [-0.3, -0.25) is 4.79 Å². The van der Waals surface area contributed by atoms with E-state index in [0.717, 1.165) is 62.3 Å². The number of hydrogen-bond acceptors (Lipinski definition) is 5. The SMILES string of the molecule is CCCc1nsc(NCC2(C(=O)O)CCCCCC2)n1. The predicted octanol–water partition coefficient (Wildman–Crippen LogP) is 3.33. The van der Waals surface area contributed by atoms with Crippen LogP contribution in [0.4, 0.5) is 5.13 Å². The highest BCUT2D eigenvalue weighted by Crippen LogP contribution is 2.35. The van der Waals surface area contributed by atoms with E-state index in [-0.39, 0.29) is 0 Å². The Morgan fingerprint density at radius 1 is 1.35 bits per heavy atom. The molecule has 0 aliphatic heterocycles. The highest BCUT2D eigenvalue weighted by molar-refractivity contribution is 7.09. The lowest BCUT2D eigenvalue weighted by Crippen LogP contribution is -2.37. The summed E-state index contributed by atoms with van der Waals surface area (Å²) in [6.45, 7) is 2.56. The van der Waals surface area contributed by atoms with Gasteiger partial charge >= 0.3 is 5.97 Å². The zero-order chi connectivity index (χ0) is 14.4. The molecule has 6 heteroatoms. The fourth-order valence-corrected chi connectivity index (χ4v) is 3.37. The summed E-state index contributed by atoms with van der Waals surface area (Å²) < 4.78 is 4.28. The summed E-state index contributed by atoms with van der Waals surface area (Å²) in [6.07, 6.45) is 7.72. The molecule has 2 N–H and O–H groups in total. The molecular weight excluding hydrogens is 274 g/mol. The van der Waals surface area contributed by atoms with Crippen molar-refractivity contribution in [3.05, 3.63) is 5.82 Å². The minimum Gasteiger partial charge on any atom is -0.481 e. The zero-order valence-electron chi connectivity index (χ0n) is 12.0. The summed E-state index contributed by atoms with van der Waals surface area (Å²) in [7, 11) is 0. The minimum atomic E-state index is -0.676. The Bertz CT molecular complexity index is 439. The van der Waals surface area contributed by atoms with Crippen LogP contribution in [-0.4, -0.2) is 27.0 Å². The average molecular weight is 297 g/mol. The lowest BCUT2D eigenvalue weighted by Gasteiger charge is -2.27. The van der Waals surface area contributed by atoms with Crippen molar-refractivity contribution in [1.82, 2.24) is 9.36 Å². The molecule has 1 aliphatic carbocycles. The van der Waals surface area contributed by atoms with Gasteiger partial charge in [-0.25, -0.2) is 4.98 Å². The molecule has 0 unspecified atom stereocenters. The smallest absolute Gasteiger partial charge is 0.311 e. The third kappa shape index (κ3) is 3.69. The van der Waals surface area contributed by atoms with Gasteiger partial charge in [-0.2, -0.15) is 4.37 Å². The topological polar surface area (TPSA) is 75.1 Å². The van der Waals surface area contributed by atoms with Gasteiger partial charge in [0.15, 0.2) is 0 Å². The van der Waals surface area contributed by atoms with Crippen LogP contribution >= 0.6 is 11.5 Å². The third-order valence-corrected chi connectivity index (χ3v) is 4.74. The summed E-state index contributed by atoms with van der Waals surface area (Å²) in [5.74, 6) is 0.176. The molecule has 0 radical (unpaired) electrons. The van der Waals surface area contributed by atoms with Crippen molar-refractivity contribution < 1.29 is 9.90 Å². The Hall–Kier alpha value is -1.17. The van der Waals surface area contributed by atoms with Crippen molar-refractivity contribution >= 4 is 22.6 Å². The molecule has 1 aliphatic rings. The van der Waals surface area contributed by atoms with E-state index < -0.39 is 11.4 Å². The number of carbonyl (C=O) groups is 1. The number of aryl methyl sites for hydroxylation is 1. The van der Waals surface area contributed by atoms with Gasteiger partial charge in [-0.05, 0) is 19.3 Å². The Kier molecular flexibility index (Phi) is 5.34. The quantitative estimate of drug-likeness (QED) is 0.788. The van der Waals surface area contributed by atoms with Crippen molar-refractivity contribution in [3.8, 4) is 0 Å². The van der Waals surface area contributed by atoms with Gasteiger partial charge in [0, 0.05) is 24.5 Å². The molecule has 1 aromatic heterocycles. The number of aromatic nitrogens is 2. The number of nitrogens with zero attached hydrogens (tertiary/aromatic N) is 2.